The SMILES string of the molecule is COc1ccc2nccc([C@@H](F)CC[C@@H]3CCN(CCSc4ccc(F)cc4)C[C@@H]3CO)c2c1. The third-order valence-corrected chi connectivity index (χ3v) is 7.80. The molecule has 1 N–H and O–H groups in total. The minimum absolute atomic E-state index is 0.124. The van der Waals surface area contributed by atoms with Gasteiger partial charge in [0.2, 0.25) is 0 Å². The van der Waals surface area contributed by atoms with Crippen molar-refractivity contribution in [1.29, 1.82) is 0 Å². The van der Waals surface area contributed by atoms with E-state index >= 15 is 4.39 Å². The first-order valence-corrected chi connectivity index (χ1v) is 12.8. The molecule has 0 radical (unpaired) electrons. The average molecular weight is 487 g/mol. The summed E-state index contributed by atoms with van der Waals surface area (Å²) < 4.78 is 33.7. The first-order valence-electron chi connectivity index (χ1n) is 11.9. The maximum atomic E-state index is 15.3. The highest BCUT2D eigenvalue weighted by Gasteiger charge is 2.29. The molecule has 2 aromatic carbocycles. The van der Waals surface area contributed by atoms with Crippen molar-refractivity contribution in [2.75, 3.05) is 39.1 Å². The number of halogens is 2. The van der Waals surface area contributed by atoms with E-state index in [-0.39, 0.29) is 18.3 Å². The van der Waals surface area contributed by atoms with Crippen LogP contribution in [0, 0.1) is 17.7 Å². The molecule has 3 aromatic rings. The summed E-state index contributed by atoms with van der Waals surface area (Å²) in [6, 6.07) is 13.9. The molecule has 182 valence electrons. The topological polar surface area (TPSA) is 45.6 Å². The minimum Gasteiger partial charge on any atom is -0.497 e. The number of aliphatic hydroxyl groups excluding tert-OH is 1. The summed E-state index contributed by atoms with van der Waals surface area (Å²) in [7, 11) is 1.60. The molecule has 1 saturated heterocycles. The summed E-state index contributed by atoms with van der Waals surface area (Å²) in [5.41, 5.74) is 1.42. The molecule has 1 aliphatic rings. The first kappa shape index (κ1) is 24.9. The van der Waals surface area contributed by atoms with Gasteiger partial charge < -0.3 is 14.7 Å². The third kappa shape index (κ3) is 6.26. The number of methoxy groups -OCH3 is 1. The average Bonchev–Trinajstić information content (AvgIpc) is 2.88. The van der Waals surface area contributed by atoms with Crippen LogP contribution in [0.15, 0.2) is 59.6 Å². The van der Waals surface area contributed by atoms with Crippen molar-refractivity contribution in [2.24, 2.45) is 11.8 Å². The fraction of sp³-hybridized carbons (Fsp3) is 0.444. The van der Waals surface area contributed by atoms with E-state index in [9.17, 15) is 9.50 Å². The molecule has 3 atom stereocenters. The molecular weight excluding hydrogens is 454 g/mol. The molecule has 0 spiro atoms. The lowest BCUT2D eigenvalue weighted by Crippen LogP contribution is -2.43. The van der Waals surface area contributed by atoms with Crippen molar-refractivity contribution in [3.63, 3.8) is 0 Å². The second kappa shape index (κ2) is 12.0. The fourth-order valence-electron chi connectivity index (χ4n) is 4.83. The first-order chi connectivity index (χ1) is 16.6. The van der Waals surface area contributed by atoms with Gasteiger partial charge >= 0.3 is 0 Å². The van der Waals surface area contributed by atoms with Gasteiger partial charge in [0, 0.05) is 41.9 Å². The number of rotatable bonds is 10. The Hall–Kier alpha value is -2.22. The number of likely N-dealkylation sites (tertiary alicyclic amines) is 1. The number of hydrogen-bond donors (Lipinski definition) is 1. The van der Waals surface area contributed by atoms with Crippen molar-refractivity contribution in [1.82, 2.24) is 9.88 Å². The second-order valence-corrected chi connectivity index (χ2v) is 10.1. The normalized spacial score (nSPS) is 19.9. The number of aromatic nitrogens is 1. The molecule has 1 aromatic heterocycles. The Labute approximate surface area is 204 Å². The van der Waals surface area contributed by atoms with Gasteiger partial charge in [0.05, 0.1) is 12.6 Å². The monoisotopic (exact) mass is 486 g/mol. The molecule has 4 nitrogen and oxygen atoms in total. The Balaban J connectivity index is 1.29. The Bertz CT molecular complexity index is 1070. The number of piperidine rings is 1. The van der Waals surface area contributed by atoms with E-state index in [1.165, 1.54) is 12.1 Å². The summed E-state index contributed by atoms with van der Waals surface area (Å²) in [6.45, 7) is 2.83. The van der Waals surface area contributed by atoms with Crippen LogP contribution in [0.25, 0.3) is 10.9 Å². The zero-order valence-corrected chi connectivity index (χ0v) is 20.3. The van der Waals surface area contributed by atoms with E-state index in [1.807, 2.05) is 18.2 Å². The Kier molecular flexibility index (Phi) is 8.75. The van der Waals surface area contributed by atoms with Crippen molar-refractivity contribution in [3.8, 4) is 5.75 Å². The predicted molar refractivity (Wildman–Crippen MR) is 134 cm³/mol. The van der Waals surface area contributed by atoms with Gasteiger partial charge in [-0.15, -0.1) is 11.8 Å². The largest absolute Gasteiger partial charge is 0.497 e. The molecule has 0 bridgehead atoms. The molecule has 0 unspecified atom stereocenters. The zero-order valence-electron chi connectivity index (χ0n) is 19.5. The summed E-state index contributed by atoms with van der Waals surface area (Å²) in [6.07, 6.45) is 2.72. The highest BCUT2D eigenvalue weighted by molar-refractivity contribution is 7.99. The lowest BCUT2D eigenvalue weighted by Gasteiger charge is -2.38. The van der Waals surface area contributed by atoms with Crippen LogP contribution in [0.5, 0.6) is 5.75 Å². The van der Waals surface area contributed by atoms with Crippen LogP contribution < -0.4 is 4.74 Å². The van der Waals surface area contributed by atoms with Crippen LogP contribution in [0.1, 0.15) is 31.0 Å². The van der Waals surface area contributed by atoms with E-state index in [1.54, 1.807) is 43.3 Å². The summed E-state index contributed by atoms with van der Waals surface area (Å²) in [4.78, 5) is 7.79. The van der Waals surface area contributed by atoms with E-state index in [0.717, 1.165) is 54.0 Å². The lowest BCUT2D eigenvalue weighted by molar-refractivity contribution is 0.0672. The van der Waals surface area contributed by atoms with E-state index in [4.69, 9.17) is 4.74 Å². The van der Waals surface area contributed by atoms with Crippen molar-refractivity contribution >= 4 is 22.7 Å². The summed E-state index contributed by atoms with van der Waals surface area (Å²) >= 11 is 1.71. The highest BCUT2D eigenvalue weighted by Crippen LogP contribution is 2.35. The van der Waals surface area contributed by atoms with Gasteiger partial charge in [0.15, 0.2) is 0 Å². The van der Waals surface area contributed by atoms with Crippen LogP contribution in [-0.4, -0.2) is 54.1 Å². The number of thioether (sulfide) groups is 1. The van der Waals surface area contributed by atoms with Gasteiger partial charge in [-0.3, -0.25) is 4.98 Å². The maximum absolute atomic E-state index is 15.3. The predicted octanol–water partition coefficient (Wildman–Crippen LogP) is 5.90. The lowest BCUT2D eigenvalue weighted by atomic mass is 9.81. The number of alkyl halides is 1. The maximum Gasteiger partial charge on any atom is 0.126 e. The van der Waals surface area contributed by atoms with Crippen LogP contribution in [0.4, 0.5) is 8.78 Å². The van der Waals surface area contributed by atoms with Gasteiger partial charge in [-0.25, -0.2) is 8.78 Å². The van der Waals surface area contributed by atoms with Gasteiger partial charge in [-0.2, -0.15) is 0 Å². The molecule has 4 rings (SSSR count). The van der Waals surface area contributed by atoms with Crippen molar-refractivity contribution in [2.45, 2.75) is 30.3 Å². The molecule has 2 heterocycles. The van der Waals surface area contributed by atoms with Crippen LogP contribution in [-0.2, 0) is 0 Å². The number of fused-ring (bicyclic) bond motifs is 1. The fourth-order valence-corrected chi connectivity index (χ4v) is 5.75. The van der Waals surface area contributed by atoms with Gasteiger partial charge in [0.1, 0.15) is 17.7 Å². The quantitative estimate of drug-likeness (QED) is 0.362. The Morgan fingerprint density at radius 1 is 1.18 bits per heavy atom. The Morgan fingerprint density at radius 3 is 2.76 bits per heavy atom. The number of hydrogen-bond acceptors (Lipinski definition) is 5. The van der Waals surface area contributed by atoms with Crippen LogP contribution in [0.2, 0.25) is 0 Å². The van der Waals surface area contributed by atoms with E-state index in [2.05, 4.69) is 9.88 Å². The van der Waals surface area contributed by atoms with Gasteiger partial charge in [-0.1, -0.05) is 0 Å². The van der Waals surface area contributed by atoms with Crippen LogP contribution in [0.3, 0.4) is 0 Å². The van der Waals surface area contributed by atoms with E-state index in [0.29, 0.717) is 23.7 Å². The smallest absolute Gasteiger partial charge is 0.126 e. The third-order valence-electron chi connectivity index (χ3n) is 6.81. The number of ether oxygens (including phenoxy) is 1. The molecule has 0 aliphatic carbocycles. The highest BCUT2D eigenvalue weighted by atomic mass is 32.2. The summed E-state index contributed by atoms with van der Waals surface area (Å²) in [5, 5.41) is 10.8. The number of aliphatic hydroxyl groups is 1. The van der Waals surface area contributed by atoms with E-state index < -0.39 is 6.17 Å². The molecule has 7 heteroatoms. The van der Waals surface area contributed by atoms with Crippen LogP contribution >= 0.6 is 11.8 Å². The minimum atomic E-state index is -1.08. The molecule has 1 aliphatic heterocycles. The Morgan fingerprint density at radius 2 is 2.00 bits per heavy atom. The molecule has 1 fully saturated rings. The zero-order chi connectivity index (χ0) is 23.9. The number of nitrogens with zero attached hydrogens (tertiary/aromatic N) is 2. The van der Waals surface area contributed by atoms with Crippen molar-refractivity contribution < 1.29 is 18.6 Å². The van der Waals surface area contributed by atoms with Gasteiger partial charge in [-0.05, 0) is 91.7 Å². The van der Waals surface area contributed by atoms with Crippen molar-refractivity contribution in [3.05, 3.63) is 66.1 Å². The second-order valence-electron chi connectivity index (χ2n) is 8.92. The molecule has 0 saturated carbocycles. The molecular formula is C27H32F2N2O2S. The number of pyridine rings is 1. The standard InChI is InChI=1S/C27H32F2N2O2S/c1-33-22-5-9-27-25(16-22)24(10-12-30-27)26(29)8-2-19-11-13-31(17-20(19)18-32)14-15-34-23-6-3-21(28)4-7-23/h3-7,9-10,12,16,19-20,26,32H,2,8,11,13-15,17-18H2,1H3/t19-,20-,26+/m1/s1. The molecule has 0 amide bonds. The van der Waals surface area contributed by atoms with Gasteiger partial charge in [0.25, 0.3) is 0 Å². The number of benzene rings is 2. The summed E-state index contributed by atoms with van der Waals surface area (Å²) in [5.74, 6) is 1.86. The molecule has 34 heavy (non-hydrogen) atoms.